The van der Waals surface area contributed by atoms with Crippen molar-refractivity contribution >= 4 is 10.0 Å². The van der Waals surface area contributed by atoms with Crippen LogP contribution in [0.3, 0.4) is 0 Å². The van der Waals surface area contributed by atoms with E-state index in [-0.39, 0.29) is 19.7 Å². The first kappa shape index (κ1) is 17.6. The van der Waals surface area contributed by atoms with Crippen molar-refractivity contribution in [2.75, 3.05) is 19.7 Å². The zero-order chi connectivity index (χ0) is 18.0. The number of ether oxygens (including phenoxy) is 2. The summed E-state index contributed by atoms with van der Waals surface area (Å²) in [6.45, 7) is 1.96. The minimum Gasteiger partial charge on any atom is -0.486 e. The molecule has 1 aliphatic rings. The van der Waals surface area contributed by atoms with Gasteiger partial charge < -0.3 is 9.47 Å². The molecule has 8 heteroatoms. The van der Waals surface area contributed by atoms with E-state index < -0.39 is 32.7 Å². The van der Waals surface area contributed by atoms with Crippen molar-refractivity contribution in [1.29, 1.82) is 0 Å². The molecule has 0 saturated heterocycles. The number of hydrogen-bond donors (Lipinski definition) is 0. The van der Waals surface area contributed by atoms with E-state index in [9.17, 15) is 17.2 Å². The van der Waals surface area contributed by atoms with Crippen LogP contribution >= 0.6 is 0 Å². The monoisotopic (exact) mass is 369 g/mol. The second kappa shape index (κ2) is 6.97. The Hall–Kier alpha value is -2.19. The molecular weight excluding hydrogens is 352 g/mol. The Morgan fingerprint density at radius 1 is 1.12 bits per heavy atom. The number of rotatable bonds is 5. The Balaban J connectivity index is 1.80. The molecular formula is C17H17F2NO4S. The Labute approximate surface area is 144 Å². The van der Waals surface area contributed by atoms with E-state index in [1.165, 1.54) is 0 Å². The molecule has 134 valence electrons. The molecule has 1 aliphatic heterocycles. The minimum absolute atomic E-state index is 0.00526. The van der Waals surface area contributed by atoms with Crippen LogP contribution in [0.2, 0.25) is 0 Å². The Morgan fingerprint density at radius 2 is 1.76 bits per heavy atom. The van der Waals surface area contributed by atoms with Crippen molar-refractivity contribution in [3.05, 3.63) is 54.1 Å². The predicted octanol–water partition coefficient (Wildman–Crippen LogP) is 2.82. The highest BCUT2D eigenvalue weighted by Gasteiger charge is 2.30. The van der Waals surface area contributed by atoms with Crippen molar-refractivity contribution in [1.82, 2.24) is 4.31 Å². The topological polar surface area (TPSA) is 55.8 Å². The second-order valence-electron chi connectivity index (χ2n) is 5.56. The fourth-order valence-electron chi connectivity index (χ4n) is 2.60. The summed E-state index contributed by atoms with van der Waals surface area (Å²) in [5.74, 6) is -0.762. The summed E-state index contributed by atoms with van der Waals surface area (Å²) in [7, 11) is -4.06. The molecule has 2 aromatic rings. The molecule has 1 atom stereocenters. The van der Waals surface area contributed by atoms with Gasteiger partial charge in [-0.2, -0.15) is 4.31 Å². The molecule has 25 heavy (non-hydrogen) atoms. The lowest BCUT2D eigenvalue weighted by Gasteiger charge is -2.30. The van der Waals surface area contributed by atoms with Gasteiger partial charge in [0.05, 0.1) is 11.4 Å². The number of hydrogen-bond acceptors (Lipinski definition) is 4. The molecule has 5 nitrogen and oxygen atoms in total. The van der Waals surface area contributed by atoms with Crippen LogP contribution in [0.1, 0.15) is 6.92 Å². The van der Waals surface area contributed by atoms with Crippen molar-refractivity contribution in [3.63, 3.8) is 0 Å². The van der Waals surface area contributed by atoms with Gasteiger partial charge in [-0.05, 0) is 24.3 Å². The van der Waals surface area contributed by atoms with Gasteiger partial charge in [-0.15, -0.1) is 0 Å². The zero-order valence-electron chi connectivity index (χ0n) is 13.5. The third-order valence-corrected chi connectivity index (χ3v) is 5.72. The second-order valence-corrected chi connectivity index (χ2v) is 7.50. The lowest BCUT2D eigenvalue weighted by molar-refractivity contribution is 0.0771. The molecule has 1 heterocycles. The number of nitrogens with zero attached hydrogens (tertiary/aromatic N) is 1. The van der Waals surface area contributed by atoms with Gasteiger partial charge in [0.2, 0.25) is 10.0 Å². The van der Waals surface area contributed by atoms with Crippen LogP contribution in [0, 0.1) is 11.6 Å². The van der Waals surface area contributed by atoms with Crippen molar-refractivity contribution in [2.45, 2.75) is 17.9 Å². The molecule has 0 radical (unpaired) electrons. The molecule has 0 spiro atoms. The van der Waals surface area contributed by atoms with Crippen LogP contribution in [-0.2, 0) is 10.0 Å². The van der Waals surface area contributed by atoms with Gasteiger partial charge in [-0.1, -0.05) is 19.1 Å². The number of halogens is 2. The summed E-state index contributed by atoms with van der Waals surface area (Å²) in [6, 6.07) is 9.31. The first-order valence-corrected chi connectivity index (χ1v) is 9.19. The van der Waals surface area contributed by atoms with Gasteiger partial charge in [-0.3, -0.25) is 0 Å². The fourth-order valence-corrected chi connectivity index (χ4v) is 4.13. The third-order valence-electron chi connectivity index (χ3n) is 3.80. The summed E-state index contributed by atoms with van der Waals surface area (Å²) < 4.78 is 64.6. The predicted molar refractivity (Wildman–Crippen MR) is 87.1 cm³/mol. The van der Waals surface area contributed by atoms with Crippen molar-refractivity contribution in [3.8, 4) is 11.5 Å². The molecule has 1 unspecified atom stereocenters. The normalized spacial score (nSPS) is 16.9. The molecule has 0 saturated carbocycles. The van der Waals surface area contributed by atoms with Crippen LogP contribution in [0.25, 0.3) is 0 Å². The molecule has 0 amide bonds. The minimum atomic E-state index is -4.06. The van der Waals surface area contributed by atoms with Gasteiger partial charge in [-0.25, -0.2) is 17.2 Å². The van der Waals surface area contributed by atoms with Crippen LogP contribution in [0.5, 0.6) is 11.5 Å². The highest BCUT2D eigenvalue weighted by molar-refractivity contribution is 7.89. The lowest BCUT2D eigenvalue weighted by Crippen LogP contribution is -2.43. The van der Waals surface area contributed by atoms with E-state index in [1.807, 2.05) is 6.07 Å². The maximum atomic E-state index is 13.4. The highest BCUT2D eigenvalue weighted by Crippen LogP contribution is 2.31. The van der Waals surface area contributed by atoms with E-state index in [4.69, 9.17) is 9.47 Å². The molecule has 0 bridgehead atoms. The standard InChI is InChI=1S/C17H17F2NO4S/c1-2-20(25(21,22)15-8-12(18)7-13(19)9-15)10-14-11-23-16-5-3-4-6-17(16)24-14/h3-9,14H,2,10-11H2,1H3. The third kappa shape index (κ3) is 3.74. The summed E-state index contributed by atoms with van der Waals surface area (Å²) in [6.07, 6.45) is -0.525. The van der Waals surface area contributed by atoms with E-state index in [2.05, 4.69) is 0 Å². The average molecular weight is 369 g/mol. The summed E-state index contributed by atoms with van der Waals surface area (Å²) in [4.78, 5) is -0.427. The number of likely N-dealkylation sites (N-methyl/N-ethyl adjacent to an activating group) is 1. The SMILES string of the molecule is CCN(CC1COc2ccccc2O1)S(=O)(=O)c1cc(F)cc(F)c1. The van der Waals surface area contributed by atoms with E-state index >= 15 is 0 Å². The number of para-hydroxylation sites is 2. The maximum absolute atomic E-state index is 13.4. The van der Waals surface area contributed by atoms with Crippen LogP contribution in [0.15, 0.2) is 47.4 Å². The maximum Gasteiger partial charge on any atom is 0.243 e. The molecule has 0 fully saturated rings. The van der Waals surface area contributed by atoms with E-state index in [0.29, 0.717) is 17.6 Å². The largest absolute Gasteiger partial charge is 0.486 e. The quantitative estimate of drug-likeness (QED) is 0.813. The molecule has 0 aromatic heterocycles. The van der Waals surface area contributed by atoms with Gasteiger partial charge >= 0.3 is 0 Å². The van der Waals surface area contributed by atoms with Gasteiger partial charge in [0, 0.05) is 12.6 Å². The summed E-state index contributed by atoms with van der Waals surface area (Å²) >= 11 is 0. The number of sulfonamides is 1. The smallest absolute Gasteiger partial charge is 0.243 e. The van der Waals surface area contributed by atoms with Gasteiger partial charge in [0.1, 0.15) is 24.3 Å². The fraction of sp³-hybridized carbons (Fsp3) is 0.294. The van der Waals surface area contributed by atoms with Crippen LogP contribution in [-0.4, -0.2) is 38.5 Å². The molecule has 2 aromatic carbocycles. The first-order valence-electron chi connectivity index (χ1n) is 7.75. The Bertz CT molecular complexity index is 852. The number of fused-ring (bicyclic) bond motifs is 1. The highest BCUT2D eigenvalue weighted by atomic mass is 32.2. The first-order chi connectivity index (χ1) is 11.9. The molecule has 0 aliphatic carbocycles. The van der Waals surface area contributed by atoms with Gasteiger partial charge in [0.15, 0.2) is 11.5 Å². The van der Waals surface area contributed by atoms with Crippen molar-refractivity contribution < 1.29 is 26.7 Å². The summed E-state index contributed by atoms with van der Waals surface area (Å²) in [5, 5.41) is 0. The van der Waals surface area contributed by atoms with Crippen LogP contribution in [0.4, 0.5) is 8.78 Å². The average Bonchev–Trinajstić information content (AvgIpc) is 2.58. The number of benzene rings is 2. The Kier molecular flexibility index (Phi) is 4.91. The zero-order valence-corrected chi connectivity index (χ0v) is 14.3. The van der Waals surface area contributed by atoms with Crippen LogP contribution < -0.4 is 9.47 Å². The van der Waals surface area contributed by atoms with E-state index in [1.54, 1.807) is 25.1 Å². The van der Waals surface area contributed by atoms with Crippen molar-refractivity contribution in [2.24, 2.45) is 0 Å². The van der Waals surface area contributed by atoms with E-state index in [0.717, 1.165) is 16.4 Å². The Morgan fingerprint density at radius 3 is 2.40 bits per heavy atom. The lowest BCUT2D eigenvalue weighted by atomic mass is 10.2. The van der Waals surface area contributed by atoms with Gasteiger partial charge in [0.25, 0.3) is 0 Å². The summed E-state index contributed by atoms with van der Waals surface area (Å²) in [5.41, 5.74) is 0. The molecule has 0 N–H and O–H groups in total. The molecule has 3 rings (SSSR count).